The summed E-state index contributed by atoms with van der Waals surface area (Å²) in [6.45, 7) is 3.80. The molecule has 1 amide bonds. The zero-order valence-electron chi connectivity index (χ0n) is 10.8. The molecule has 1 fully saturated rings. The van der Waals surface area contributed by atoms with Crippen LogP contribution in [-0.2, 0) is 4.74 Å². The van der Waals surface area contributed by atoms with Gasteiger partial charge in [-0.25, -0.2) is 0 Å². The Bertz CT molecular complexity index is 498. The van der Waals surface area contributed by atoms with Gasteiger partial charge in [-0.1, -0.05) is 12.1 Å². The van der Waals surface area contributed by atoms with E-state index in [1.807, 2.05) is 36.1 Å². The van der Waals surface area contributed by atoms with E-state index in [1.54, 1.807) is 0 Å². The Kier molecular flexibility index (Phi) is 4.83. The van der Waals surface area contributed by atoms with Crippen LogP contribution in [0.4, 0.5) is 0 Å². The van der Waals surface area contributed by atoms with E-state index in [9.17, 15) is 4.79 Å². The van der Waals surface area contributed by atoms with Crippen LogP contribution in [0.1, 0.15) is 17.3 Å². The van der Waals surface area contributed by atoms with Crippen molar-refractivity contribution < 1.29 is 9.53 Å². The van der Waals surface area contributed by atoms with E-state index in [0.29, 0.717) is 31.0 Å². The number of benzene rings is 1. The van der Waals surface area contributed by atoms with Crippen molar-refractivity contribution in [3.63, 3.8) is 0 Å². The molecular weight excluding hydrogens is 260 g/mol. The average molecular weight is 276 g/mol. The second-order valence-electron chi connectivity index (χ2n) is 4.38. The van der Waals surface area contributed by atoms with Crippen molar-refractivity contribution in [2.75, 3.05) is 25.4 Å². The first-order chi connectivity index (χ1) is 9.22. The highest BCUT2D eigenvalue weighted by Crippen LogP contribution is 2.24. The molecule has 2 rings (SSSR count). The second kappa shape index (κ2) is 6.60. The smallest absolute Gasteiger partial charge is 0.255 e. The monoisotopic (exact) mass is 276 g/mol. The highest BCUT2D eigenvalue weighted by Gasteiger charge is 2.23. The minimum absolute atomic E-state index is 0.0242. The maximum atomic E-state index is 12.5. The van der Waals surface area contributed by atoms with Gasteiger partial charge in [-0.3, -0.25) is 4.79 Å². The summed E-state index contributed by atoms with van der Waals surface area (Å²) < 4.78 is 5.45. The topological polar surface area (TPSA) is 53.3 Å². The largest absolute Gasteiger partial charge is 0.375 e. The molecule has 0 radical (unpaired) electrons. The minimum Gasteiger partial charge on any atom is -0.375 e. The van der Waals surface area contributed by atoms with Gasteiger partial charge in [0.05, 0.1) is 30.1 Å². The van der Waals surface area contributed by atoms with Gasteiger partial charge in [0.2, 0.25) is 0 Å². The normalized spacial score (nSPS) is 18.9. The fourth-order valence-corrected chi connectivity index (χ4v) is 2.76. The maximum absolute atomic E-state index is 12.5. The molecule has 0 aliphatic carbocycles. The predicted molar refractivity (Wildman–Crippen MR) is 74.1 cm³/mol. The Labute approximate surface area is 117 Å². The Morgan fingerprint density at radius 2 is 2.37 bits per heavy atom. The number of hydrogen-bond acceptors (Lipinski definition) is 4. The van der Waals surface area contributed by atoms with E-state index < -0.39 is 0 Å². The van der Waals surface area contributed by atoms with Crippen LogP contribution in [0.15, 0.2) is 29.2 Å². The first-order valence-corrected chi connectivity index (χ1v) is 7.20. The second-order valence-corrected chi connectivity index (χ2v) is 5.39. The van der Waals surface area contributed by atoms with Gasteiger partial charge >= 0.3 is 0 Å². The molecule has 5 heteroatoms. The molecular formula is C14H16N2O2S. The third-order valence-corrected chi connectivity index (χ3v) is 3.88. The Balaban J connectivity index is 2.16. The summed E-state index contributed by atoms with van der Waals surface area (Å²) in [5, 5.41) is 8.66. The first kappa shape index (κ1) is 13.9. The van der Waals surface area contributed by atoms with Gasteiger partial charge in [0.1, 0.15) is 0 Å². The van der Waals surface area contributed by atoms with Gasteiger partial charge in [0, 0.05) is 18.0 Å². The highest BCUT2D eigenvalue weighted by atomic mass is 32.2. The summed E-state index contributed by atoms with van der Waals surface area (Å²) in [5.41, 5.74) is 0.678. The first-order valence-electron chi connectivity index (χ1n) is 6.22. The average Bonchev–Trinajstić information content (AvgIpc) is 2.44. The summed E-state index contributed by atoms with van der Waals surface area (Å²) >= 11 is 1.40. The van der Waals surface area contributed by atoms with Gasteiger partial charge in [-0.2, -0.15) is 5.26 Å². The third-order valence-electron chi connectivity index (χ3n) is 2.94. The van der Waals surface area contributed by atoms with E-state index in [0.717, 1.165) is 4.90 Å². The number of amides is 1. The van der Waals surface area contributed by atoms with Crippen molar-refractivity contribution in [3.8, 4) is 6.07 Å². The minimum atomic E-state index is 0.0242. The van der Waals surface area contributed by atoms with Crippen LogP contribution in [0.5, 0.6) is 0 Å². The van der Waals surface area contributed by atoms with Gasteiger partial charge in [0.25, 0.3) is 5.91 Å². The van der Waals surface area contributed by atoms with Crippen LogP contribution in [0.25, 0.3) is 0 Å². The van der Waals surface area contributed by atoms with Crippen molar-refractivity contribution >= 4 is 17.7 Å². The molecule has 0 N–H and O–H groups in total. The molecule has 1 unspecified atom stereocenters. The van der Waals surface area contributed by atoms with Crippen molar-refractivity contribution in [3.05, 3.63) is 29.8 Å². The van der Waals surface area contributed by atoms with E-state index in [-0.39, 0.29) is 12.0 Å². The molecule has 1 aromatic rings. The molecule has 1 saturated heterocycles. The summed E-state index contributed by atoms with van der Waals surface area (Å²) in [6, 6.07) is 9.54. The maximum Gasteiger partial charge on any atom is 0.255 e. The standard InChI is InChI=1S/C14H16N2O2S/c1-11-10-16(7-8-18-11)14(17)12-4-2-3-5-13(12)19-9-6-15/h2-5,11H,7-10H2,1H3. The quantitative estimate of drug-likeness (QED) is 0.794. The van der Waals surface area contributed by atoms with E-state index in [2.05, 4.69) is 6.07 Å². The van der Waals surface area contributed by atoms with Gasteiger partial charge in [0.15, 0.2) is 0 Å². The van der Waals surface area contributed by atoms with Crippen LogP contribution in [-0.4, -0.2) is 42.4 Å². The molecule has 1 aromatic carbocycles. The van der Waals surface area contributed by atoms with Crippen molar-refractivity contribution in [2.24, 2.45) is 0 Å². The van der Waals surface area contributed by atoms with Crippen LogP contribution < -0.4 is 0 Å². The molecule has 0 bridgehead atoms. The van der Waals surface area contributed by atoms with E-state index >= 15 is 0 Å². The molecule has 1 atom stereocenters. The molecule has 100 valence electrons. The molecule has 0 spiro atoms. The zero-order valence-corrected chi connectivity index (χ0v) is 11.7. The molecule has 1 aliphatic heterocycles. The van der Waals surface area contributed by atoms with Crippen LogP contribution >= 0.6 is 11.8 Å². The van der Waals surface area contributed by atoms with Crippen molar-refractivity contribution in [1.29, 1.82) is 5.26 Å². The summed E-state index contributed by atoms with van der Waals surface area (Å²) in [5.74, 6) is 0.375. The zero-order chi connectivity index (χ0) is 13.7. The van der Waals surface area contributed by atoms with Gasteiger partial charge in [-0.15, -0.1) is 11.8 Å². The summed E-state index contributed by atoms with van der Waals surface area (Å²) in [6.07, 6.45) is 0.0802. The molecule has 1 heterocycles. The fraction of sp³-hybridized carbons (Fsp3) is 0.429. The Hall–Kier alpha value is -1.51. The van der Waals surface area contributed by atoms with E-state index in [1.165, 1.54) is 11.8 Å². The predicted octanol–water partition coefficient (Wildman–Crippen LogP) is 2.16. The fourth-order valence-electron chi connectivity index (χ4n) is 2.05. The number of carbonyl (C=O) groups excluding carboxylic acids is 1. The Morgan fingerprint density at radius 1 is 1.58 bits per heavy atom. The Morgan fingerprint density at radius 3 is 3.11 bits per heavy atom. The van der Waals surface area contributed by atoms with Gasteiger partial charge in [-0.05, 0) is 19.1 Å². The number of nitriles is 1. The lowest BCUT2D eigenvalue weighted by atomic mass is 10.2. The molecule has 0 saturated carbocycles. The van der Waals surface area contributed by atoms with Crippen LogP contribution in [0.3, 0.4) is 0 Å². The summed E-state index contributed by atoms with van der Waals surface area (Å²) in [4.78, 5) is 15.2. The number of thioether (sulfide) groups is 1. The van der Waals surface area contributed by atoms with Gasteiger partial charge < -0.3 is 9.64 Å². The highest BCUT2D eigenvalue weighted by molar-refractivity contribution is 7.99. The number of hydrogen-bond donors (Lipinski definition) is 0. The lowest BCUT2D eigenvalue weighted by Crippen LogP contribution is -2.44. The lowest BCUT2D eigenvalue weighted by molar-refractivity contribution is -0.0125. The van der Waals surface area contributed by atoms with Crippen molar-refractivity contribution in [2.45, 2.75) is 17.9 Å². The van der Waals surface area contributed by atoms with Crippen molar-refractivity contribution in [1.82, 2.24) is 4.90 Å². The molecule has 4 nitrogen and oxygen atoms in total. The molecule has 1 aliphatic rings. The van der Waals surface area contributed by atoms with Crippen LogP contribution in [0.2, 0.25) is 0 Å². The lowest BCUT2D eigenvalue weighted by Gasteiger charge is -2.31. The number of rotatable bonds is 3. The number of ether oxygens (including phenoxy) is 1. The number of morpholine rings is 1. The number of nitrogens with zero attached hydrogens (tertiary/aromatic N) is 2. The molecule has 19 heavy (non-hydrogen) atoms. The van der Waals surface area contributed by atoms with Crippen LogP contribution in [0, 0.1) is 11.3 Å². The summed E-state index contributed by atoms with van der Waals surface area (Å²) in [7, 11) is 0. The number of carbonyl (C=O) groups is 1. The molecule has 0 aromatic heterocycles. The SMILES string of the molecule is CC1CN(C(=O)c2ccccc2SCC#N)CCO1. The van der Waals surface area contributed by atoms with E-state index in [4.69, 9.17) is 10.00 Å². The third kappa shape index (κ3) is 3.49.